The number of benzene rings is 1. The molecule has 7 nitrogen and oxygen atoms in total. The number of aromatic nitrogens is 4. The second kappa shape index (κ2) is 6.87. The van der Waals surface area contributed by atoms with Crippen molar-refractivity contribution in [3.8, 4) is 0 Å². The maximum atomic E-state index is 13.1. The molecule has 2 atom stereocenters. The fourth-order valence-corrected chi connectivity index (χ4v) is 3.51. The predicted molar refractivity (Wildman–Crippen MR) is 96.6 cm³/mol. The van der Waals surface area contributed by atoms with E-state index in [0.717, 1.165) is 12.1 Å². The van der Waals surface area contributed by atoms with Crippen molar-refractivity contribution in [1.82, 2.24) is 20.0 Å². The van der Waals surface area contributed by atoms with Crippen LogP contribution >= 0.6 is 0 Å². The van der Waals surface area contributed by atoms with Crippen LogP contribution in [0, 0.1) is 0 Å². The summed E-state index contributed by atoms with van der Waals surface area (Å²) in [6.45, 7) is 1.86. The number of hydrogen-bond acceptors (Lipinski definition) is 4. The van der Waals surface area contributed by atoms with Crippen LogP contribution in [0.1, 0.15) is 57.3 Å². The van der Waals surface area contributed by atoms with Gasteiger partial charge in [0.05, 0.1) is 41.2 Å². The SMILES string of the molecule is C[C@H]1CC(c2ccc(C(F)(F)F)cc2)C(=O)c2c(NC(=O)c3cn[nH]c3)cnn21. The second-order valence-corrected chi connectivity index (χ2v) is 6.91. The van der Waals surface area contributed by atoms with E-state index in [9.17, 15) is 22.8 Å². The highest BCUT2D eigenvalue weighted by molar-refractivity contribution is 6.10. The zero-order chi connectivity index (χ0) is 20.8. The summed E-state index contributed by atoms with van der Waals surface area (Å²) >= 11 is 0. The third-order valence-corrected chi connectivity index (χ3v) is 4.99. The van der Waals surface area contributed by atoms with Gasteiger partial charge in [-0.15, -0.1) is 0 Å². The molecule has 0 aliphatic carbocycles. The molecule has 0 saturated heterocycles. The minimum atomic E-state index is -4.44. The molecular weight excluding hydrogens is 387 g/mol. The van der Waals surface area contributed by atoms with Crippen molar-refractivity contribution in [2.24, 2.45) is 0 Å². The van der Waals surface area contributed by atoms with Crippen LogP contribution in [-0.2, 0) is 6.18 Å². The first-order valence-electron chi connectivity index (χ1n) is 8.84. The van der Waals surface area contributed by atoms with Crippen molar-refractivity contribution in [3.63, 3.8) is 0 Å². The van der Waals surface area contributed by atoms with Crippen molar-refractivity contribution in [1.29, 1.82) is 0 Å². The Morgan fingerprint density at radius 1 is 1.24 bits per heavy atom. The summed E-state index contributed by atoms with van der Waals surface area (Å²) in [5, 5.41) is 13.1. The maximum absolute atomic E-state index is 13.1. The first kappa shape index (κ1) is 18.9. The molecule has 2 N–H and O–H groups in total. The Morgan fingerprint density at radius 2 is 1.97 bits per heavy atom. The summed E-state index contributed by atoms with van der Waals surface area (Å²) in [7, 11) is 0. The van der Waals surface area contributed by atoms with E-state index in [4.69, 9.17) is 0 Å². The number of rotatable bonds is 3. The van der Waals surface area contributed by atoms with E-state index in [1.54, 1.807) is 0 Å². The predicted octanol–water partition coefficient (Wildman–Crippen LogP) is 3.81. The topological polar surface area (TPSA) is 92.7 Å². The molecule has 0 fully saturated rings. The van der Waals surface area contributed by atoms with E-state index in [1.807, 2.05) is 6.92 Å². The van der Waals surface area contributed by atoms with Gasteiger partial charge in [-0.25, -0.2) is 0 Å². The van der Waals surface area contributed by atoms with Gasteiger partial charge in [-0.05, 0) is 31.0 Å². The molecule has 150 valence electrons. The Kier molecular flexibility index (Phi) is 4.48. The average Bonchev–Trinajstić information content (AvgIpc) is 3.34. The fraction of sp³-hybridized carbons (Fsp3) is 0.263. The molecule has 2 aromatic heterocycles. The Morgan fingerprint density at radius 3 is 2.59 bits per heavy atom. The number of alkyl halides is 3. The summed E-state index contributed by atoms with van der Waals surface area (Å²) in [5.74, 6) is -1.38. The number of halogens is 3. The van der Waals surface area contributed by atoms with Crippen LogP contribution < -0.4 is 5.32 Å². The van der Waals surface area contributed by atoms with Crippen molar-refractivity contribution >= 4 is 17.4 Å². The number of aromatic amines is 1. The number of amides is 1. The molecule has 4 rings (SSSR count). The molecule has 0 radical (unpaired) electrons. The Hall–Kier alpha value is -3.43. The van der Waals surface area contributed by atoms with Crippen LogP contribution in [0.2, 0.25) is 0 Å². The number of nitrogens with one attached hydrogen (secondary N) is 2. The number of carbonyl (C=O) groups excluding carboxylic acids is 2. The number of ketones is 1. The normalized spacial score (nSPS) is 19.1. The lowest BCUT2D eigenvalue weighted by Gasteiger charge is -2.28. The van der Waals surface area contributed by atoms with Gasteiger partial charge >= 0.3 is 6.18 Å². The minimum Gasteiger partial charge on any atom is -0.319 e. The lowest BCUT2D eigenvalue weighted by molar-refractivity contribution is -0.137. The van der Waals surface area contributed by atoms with Gasteiger partial charge in [0.2, 0.25) is 0 Å². The number of Topliss-reactive ketones (excluding diaryl/α,β-unsaturated/α-hetero) is 1. The number of fused-ring (bicyclic) bond motifs is 1. The van der Waals surface area contributed by atoms with Gasteiger partial charge in [0.1, 0.15) is 5.69 Å². The smallest absolute Gasteiger partial charge is 0.319 e. The summed E-state index contributed by atoms with van der Waals surface area (Å²) in [6.07, 6.45) is 0.123. The third-order valence-electron chi connectivity index (χ3n) is 4.99. The minimum absolute atomic E-state index is 0.172. The second-order valence-electron chi connectivity index (χ2n) is 6.91. The van der Waals surface area contributed by atoms with Crippen molar-refractivity contribution in [3.05, 3.63) is 65.2 Å². The summed E-state index contributed by atoms with van der Waals surface area (Å²) < 4.78 is 40.0. The molecule has 1 aromatic carbocycles. The zero-order valence-corrected chi connectivity index (χ0v) is 15.2. The van der Waals surface area contributed by atoms with Crippen LogP contribution in [0.3, 0.4) is 0 Å². The van der Waals surface area contributed by atoms with Gasteiger partial charge in [-0.1, -0.05) is 12.1 Å². The van der Waals surface area contributed by atoms with Crippen molar-refractivity contribution in [2.75, 3.05) is 5.32 Å². The summed E-state index contributed by atoms with van der Waals surface area (Å²) in [4.78, 5) is 25.4. The zero-order valence-electron chi connectivity index (χ0n) is 15.2. The van der Waals surface area contributed by atoms with Crippen LogP contribution in [0.25, 0.3) is 0 Å². The summed E-state index contributed by atoms with van der Waals surface area (Å²) in [6, 6.07) is 4.43. The van der Waals surface area contributed by atoms with Crippen LogP contribution in [-0.4, -0.2) is 31.7 Å². The van der Waals surface area contributed by atoms with E-state index in [2.05, 4.69) is 20.6 Å². The van der Waals surface area contributed by atoms with Gasteiger partial charge in [-0.3, -0.25) is 19.4 Å². The number of nitrogens with zero attached hydrogens (tertiary/aromatic N) is 3. The first-order valence-corrected chi connectivity index (χ1v) is 8.84. The highest BCUT2D eigenvalue weighted by Gasteiger charge is 2.37. The largest absolute Gasteiger partial charge is 0.416 e. The molecule has 10 heteroatoms. The lowest BCUT2D eigenvalue weighted by atomic mass is 9.84. The molecule has 1 amide bonds. The van der Waals surface area contributed by atoms with E-state index < -0.39 is 23.6 Å². The highest BCUT2D eigenvalue weighted by Crippen LogP contribution is 2.39. The van der Waals surface area contributed by atoms with Crippen LogP contribution in [0.5, 0.6) is 0 Å². The molecule has 0 spiro atoms. The molecule has 1 unspecified atom stereocenters. The maximum Gasteiger partial charge on any atom is 0.416 e. The standard InChI is InChI=1S/C19H16F3N5O2/c1-10-6-14(11-2-4-13(5-3-11)19(20,21)22)17(28)16-15(9-25-27(10)16)26-18(29)12-7-23-24-8-12/h2-5,7-10,14H,6H2,1H3,(H,23,24)(H,26,29)/t10-,14?/m0/s1. The van der Waals surface area contributed by atoms with Crippen molar-refractivity contribution in [2.45, 2.75) is 31.5 Å². The van der Waals surface area contributed by atoms with Gasteiger partial charge in [-0.2, -0.15) is 23.4 Å². The monoisotopic (exact) mass is 403 g/mol. The quantitative estimate of drug-likeness (QED) is 0.696. The number of H-pyrrole nitrogens is 1. The third kappa shape index (κ3) is 3.41. The molecule has 1 aliphatic heterocycles. The molecule has 1 aliphatic rings. The van der Waals surface area contributed by atoms with Gasteiger partial charge in [0.25, 0.3) is 5.91 Å². The Bertz CT molecular complexity index is 1050. The molecule has 0 bridgehead atoms. The highest BCUT2D eigenvalue weighted by atomic mass is 19.4. The Balaban J connectivity index is 1.64. The van der Waals surface area contributed by atoms with Crippen LogP contribution in [0.4, 0.5) is 18.9 Å². The lowest BCUT2D eigenvalue weighted by Crippen LogP contribution is -2.29. The number of hydrogen-bond donors (Lipinski definition) is 2. The van der Waals surface area contributed by atoms with E-state index in [1.165, 1.54) is 35.4 Å². The molecule has 29 heavy (non-hydrogen) atoms. The molecule has 3 aromatic rings. The van der Waals surface area contributed by atoms with Gasteiger partial charge in [0.15, 0.2) is 5.78 Å². The fourth-order valence-electron chi connectivity index (χ4n) is 3.51. The molecule has 3 heterocycles. The van der Waals surface area contributed by atoms with E-state index in [0.29, 0.717) is 17.5 Å². The molecule has 0 saturated carbocycles. The van der Waals surface area contributed by atoms with Gasteiger partial charge in [0, 0.05) is 6.20 Å². The average molecular weight is 403 g/mol. The first-order chi connectivity index (χ1) is 13.8. The Labute approximate surface area is 162 Å². The van der Waals surface area contributed by atoms with Crippen LogP contribution in [0.15, 0.2) is 42.9 Å². The summed E-state index contributed by atoms with van der Waals surface area (Å²) in [5.41, 5.74) is 0.501. The number of anilines is 1. The van der Waals surface area contributed by atoms with Gasteiger partial charge < -0.3 is 5.32 Å². The van der Waals surface area contributed by atoms with E-state index in [-0.39, 0.29) is 23.2 Å². The number of carbonyl (C=O) groups is 2. The van der Waals surface area contributed by atoms with E-state index >= 15 is 0 Å². The van der Waals surface area contributed by atoms with Crippen molar-refractivity contribution < 1.29 is 22.8 Å². The molecular formula is C19H16F3N5O2.